The smallest absolute Gasteiger partial charge is 0.264 e. The number of nitrogens with one attached hydrogen (secondary N) is 2. The van der Waals surface area contributed by atoms with Gasteiger partial charge in [-0.3, -0.25) is 14.4 Å². The third-order valence-electron chi connectivity index (χ3n) is 4.23. The lowest BCUT2D eigenvalue weighted by Crippen LogP contribution is -2.30. The van der Waals surface area contributed by atoms with Gasteiger partial charge in [-0.15, -0.1) is 0 Å². The van der Waals surface area contributed by atoms with Gasteiger partial charge in [0.1, 0.15) is 22.4 Å². The molecule has 0 radical (unpaired) electrons. The van der Waals surface area contributed by atoms with Crippen LogP contribution in [-0.2, 0) is 20.0 Å². The maximum Gasteiger partial charge on any atom is 0.264 e. The summed E-state index contributed by atoms with van der Waals surface area (Å²) in [5.74, 6) is -1.61. The van der Waals surface area contributed by atoms with Crippen LogP contribution in [0.2, 0.25) is 0 Å². The van der Waals surface area contributed by atoms with Crippen LogP contribution in [0.15, 0.2) is 57.2 Å². The molecule has 2 aromatic carbocycles. The number of amidine groups is 1. The molecule has 3 rings (SSSR count). The van der Waals surface area contributed by atoms with Gasteiger partial charge in [0.15, 0.2) is 0 Å². The summed E-state index contributed by atoms with van der Waals surface area (Å²) in [5, 5.41) is 0. The fourth-order valence-corrected chi connectivity index (χ4v) is 5.00. The highest BCUT2D eigenvalue weighted by molar-refractivity contribution is 7.92. The Morgan fingerprint density at radius 1 is 0.828 bits per heavy atom. The predicted octanol–water partition coefficient (Wildman–Crippen LogP) is 3.02. The molecule has 2 N–H and O–H groups in total. The number of hydrogen-bond acceptors (Lipinski definition) is 5. The van der Waals surface area contributed by atoms with E-state index in [0.29, 0.717) is 30.9 Å². The molecular weight excluding hydrogens is 424 g/mol. The molecule has 29 heavy (non-hydrogen) atoms. The Bertz CT molecular complexity index is 1130. The zero-order valence-electron chi connectivity index (χ0n) is 15.2. The maximum atomic E-state index is 13.8. The van der Waals surface area contributed by atoms with Crippen molar-refractivity contribution >= 4 is 31.6 Å². The van der Waals surface area contributed by atoms with E-state index in [-0.39, 0.29) is 10.6 Å². The first kappa shape index (κ1) is 21.2. The van der Waals surface area contributed by atoms with Crippen molar-refractivity contribution in [2.75, 3.05) is 11.3 Å². The number of anilines is 1. The van der Waals surface area contributed by atoms with E-state index in [1.807, 2.05) is 0 Å². The van der Waals surface area contributed by atoms with Crippen LogP contribution < -0.4 is 9.44 Å². The molecular formula is C18H19F2N3O4S2. The lowest BCUT2D eigenvalue weighted by Gasteiger charge is -2.11. The first-order chi connectivity index (χ1) is 13.7. The number of rotatable bonds is 5. The zero-order valence-corrected chi connectivity index (χ0v) is 16.9. The van der Waals surface area contributed by atoms with Crippen molar-refractivity contribution < 1.29 is 25.6 Å². The molecule has 0 saturated carbocycles. The summed E-state index contributed by atoms with van der Waals surface area (Å²) >= 11 is 0. The van der Waals surface area contributed by atoms with Gasteiger partial charge in [0, 0.05) is 18.7 Å². The molecule has 1 aliphatic rings. The molecule has 0 bridgehead atoms. The van der Waals surface area contributed by atoms with Crippen LogP contribution in [0.3, 0.4) is 0 Å². The lowest BCUT2D eigenvalue weighted by molar-refractivity contribution is 0.555. The molecule has 11 heteroatoms. The summed E-state index contributed by atoms with van der Waals surface area (Å²) in [5.41, 5.74) is -0.000539. The second-order valence-corrected chi connectivity index (χ2v) is 9.78. The molecule has 1 heterocycles. The Hall–Kier alpha value is -2.53. The maximum absolute atomic E-state index is 13.8. The van der Waals surface area contributed by atoms with Crippen LogP contribution in [0.1, 0.15) is 25.7 Å². The largest absolute Gasteiger partial charge is 0.280 e. The number of hydrogen-bond donors (Lipinski definition) is 2. The van der Waals surface area contributed by atoms with Gasteiger partial charge in [-0.2, -0.15) is 0 Å². The van der Waals surface area contributed by atoms with Gasteiger partial charge in [0.25, 0.3) is 20.0 Å². The van der Waals surface area contributed by atoms with E-state index in [4.69, 9.17) is 0 Å². The summed E-state index contributed by atoms with van der Waals surface area (Å²) < 4.78 is 81.1. The van der Waals surface area contributed by atoms with Crippen molar-refractivity contribution in [3.8, 4) is 0 Å². The summed E-state index contributed by atoms with van der Waals surface area (Å²) in [7, 11) is -8.26. The van der Waals surface area contributed by atoms with E-state index >= 15 is 0 Å². The molecule has 0 saturated heterocycles. The number of aliphatic imine (C=N–C) groups is 1. The summed E-state index contributed by atoms with van der Waals surface area (Å²) in [6.45, 7) is 0.565. The van der Waals surface area contributed by atoms with E-state index in [0.717, 1.165) is 25.3 Å². The van der Waals surface area contributed by atoms with E-state index < -0.39 is 36.6 Å². The average Bonchev–Trinajstić information content (AvgIpc) is 2.92. The fourth-order valence-electron chi connectivity index (χ4n) is 2.77. The molecule has 1 aliphatic heterocycles. The minimum Gasteiger partial charge on any atom is -0.280 e. The molecule has 0 fully saturated rings. The van der Waals surface area contributed by atoms with Gasteiger partial charge < -0.3 is 0 Å². The second-order valence-electron chi connectivity index (χ2n) is 6.45. The van der Waals surface area contributed by atoms with Gasteiger partial charge >= 0.3 is 0 Å². The first-order valence-electron chi connectivity index (χ1n) is 8.81. The highest BCUT2D eigenvalue weighted by Gasteiger charge is 2.21. The van der Waals surface area contributed by atoms with Crippen molar-refractivity contribution in [1.29, 1.82) is 0 Å². The van der Waals surface area contributed by atoms with Crippen LogP contribution in [0.25, 0.3) is 0 Å². The van der Waals surface area contributed by atoms with Crippen molar-refractivity contribution in [3.63, 3.8) is 0 Å². The van der Waals surface area contributed by atoms with Crippen LogP contribution in [0.4, 0.5) is 14.5 Å². The van der Waals surface area contributed by atoms with E-state index in [1.54, 1.807) is 0 Å². The second kappa shape index (κ2) is 8.46. The fraction of sp³-hybridized carbons (Fsp3) is 0.278. The van der Waals surface area contributed by atoms with Crippen LogP contribution >= 0.6 is 0 Å². The van der Waals surface area contributed by atoms with E-state index in [1.165, 1.54) is 24.3 Å². The zero-order chi connectivity index (χ0) is 21.1. The number of benzene rings is 2. The van der Waals surface area contributed by atoms with Gasteiger partial charge in [0.2, 0.25) is 0 Å². The molecule has 0 aliphatic carbocycles. The Morgan fingerprint density at radius 3 is 2.28 bits per heavy atom. The Labute approximate surface area is 168 Å². The van der Waals surface area contributed by atoms with Crippen molar-refractivity contribution in [2.24, 2.45) is 4.99 Å². The standard InChI is InChI=1S/C18H19F2N3O4S2/c19-13-5-10-16(20)17(12-13)29(26,27)22-14-6-8-15(9-7-14)28(24,25)23-18-4-2-1-3-11-21-18/h5-10,12,22H,1-4,11H2,(H,21,23). The minimum atomic E-state index is -4.39. The van der Waals surface area contributed by atoms with E-state index in [2.05, 4.69) is 14.4 Å². The third kappa shape index (κ3) is 5.30. The normalized spacial score (nSPS) is 15.3. The molecule has 0 unspecified atom stereocenters. The first-order valence-corrected chi connectivity index (χ1v) is 11.8. The topological polar surface area (TPSA) is 105 Å². The molecule has 0 spiro atoms. The number of halogens is 2. The van der Waals surface area contributed by atoms with Crippen LogP contribution in [0, 0.1) is 11.6 Å². The quantitative estimate of drug-likeness (QED) is 0.741. The average molecular weight is 443 g/mol. The number of sulfonamides is 2. The highest BCUT2D eigenvalue weighted by Crippen LogP contribution is 2.21. The Balaban J connectivity index is 1.77. The van der Waals surface area contributed by atoms with Crippen molar-refractivity contribution in [3.05, 3.63) is 54.1 Å². The van der Waals surface area contributed by atoms with Crippen molar-refractivity contribution in [1.82, 2.24) is 4.72 Å². The van der Waals surface area contributed by atoms with Gasteiger partial charge in [-0.25, -0.2) is 25.6 Å². The lowest BCUT2D eigenvalue weighted by atomic mass is 10.2. The van der Waals surface area contributed by atoms with Crippen molar-refractivity contribution in [2.45, 2.75) is 35.5 Å². The third-order valence-corrected chi connectivity index (χ3v) is 7.02. The Morgan fingerprint density at radius 2 is 1.55 bits per heavy atom. The van der Waals surface area contributed by atoms with Gasteiger partial charge in [-0.1, -0.05) is 6.42 Å². The van der Waals surface area contributed by atoms with Gasteiger partial charge in [0.05, 0.1) is 4.90 Å². The minimum absolute atomic E-state index is 0.000539. The monoisotopic (exact) mass is 443 g/mol. The molecule has 0 aromatic heterocycles. The number of nitrogens with zero attached hydrogens (tertiary/aromatic N) is 1. The van der Waals surface area contributed by atoms with Gasteiger partial charge in [-0.05, 0) is 55.3 Å². The molecule has 2 aromatic rings. The summed E-state index contributed by atoms with van der Waals surface area (Å²) in [4.78, 5) is 3.29. The van der Waals surface area contributed by atoms with Crippen LogP contribution in [-0.4, -0.2) is 29.2 Å². The summed E-state index contributed by atoms with van der Waals surface area (Å²) in [6.07, 6.45) is 3.27. The molecule has 156 valence electrons. The van der Waals surface area contributed by atoms with E-state index in [9.17, 15) is 25.6 Å². The SMILES string of the molecule is O=S(=O)(NC1=NCCCCC1)c1ccc(NS(=O)(=O)c2cc(F)ccc2F)cc1. The summed E-state index contributed by atoms with van der Waals surface area (Å²) in [6, 6.07) is 6.93. The molecule has 7 nitrogen and oxygen atoms in total. The highest BCUT2D eigenvalue weighted by atomic mass is 32.2. The predicted molar refractivity (Wildman–Crippen MR) is 105 cm³/mol. The molecule has 0 amide bonds. The Kier molecular flexibility index (Phi) is 6.18. The van der Waals surface area contributed by atoms with Crippen LogP contribution in [0.5, 0.6) is 0 Å². The molecule has 0 atom stereocenters.